The number of benzene rings is 2. The normalized spacial score (nSPS) is 12.3. The number of phenolic OH excluding ortho intramolecular Hbond substituents is 1. The maximum absolute atomic E-state index is 12.5. The number of hydrogen-bond donors (Lipinski definition) is 2. The summed E-state index contributed by atoms with van der Waals surface area (Å²) in [7, 11) is 0. The Kier molecular flexibility index (Phi) is 7.59. The molecule has 186 valence electrons. The fraction of sp³-hybridized carbons (Fsp3) is 0.400. The van der Waals surface area contributed by atoms with E-state index in [-0.39, 0.29) is 16.7 Å². The van der Waals surface area contributed by atoms with Gasteiger partial charge in [0.2, 0.25) is 5.91 Å². The Balaban J connectivity index is 1.70. The molecule has 5 nitrogen and oxygen atoms in total. The highest BCUT2D eigenvalue weighted by atomic mass is 16.3. The number of aryl methyl sites for hydroxylation is 2. The first kappa shape index (κ1) is 26.3. The lowest BCUT2D eigenvalue weighted by atomic mass is 9.78. The molecule has 0 fully saturated rings. The van der Waals surface area contributed by atoms with Crippen molar-refractivity contribution in [1.82, 2.24) is 9.99 Å². The van der Waals surface area contributed by atoms with Crippen LogP contribution in [0.5, 0.6) is 5.75 Å². The maximum atomic E-state index is 12.5. The number of hydrogen-bond acceptors (Lipinski definition) is 3. The molecule has 0 saturated heterocycles. The van der Waals surface area contributed by atoms with Crippen LogP contribution in [-0.4, -0.2) is 21.8 Å². The Labute approximate surface area is 209 Å². The second-order valence-corrected chi connectivity index (χ2v) is 11.3. The first-order valence-electron chi connectivity index (χ1n) is 12.2. The molecule has 1 heterocycles. The number of carbonyl (C=O) groups is 1. The molecule has 0 unspecified atom stereocenters. The second-order valence-electron chi connectivity index (χ2n) is 11.3. The quantitative estimate of drug-likeness (QED) is 0.318. The summed E-state index contributed by atoms with van der Waals surface area (Å²) in [5, 5.41) is 15.1. The van der Waals surface area contributed by atoms with Crippen molar-refractivity contribution >= 4 is 12.1 Å². The Bertz CT molecular complexity index is 1190. The van der Waals surface area contributed by atoms with E-state index < -0.39 is 0 Å². The van der Waals surface area contributed by atoms with Crippen molar-refractivity contribution in [3.05, 3.63) is 82.2 Å². The van der Waals surface area contributed by atoms with Crippen molar-refractivity contribution in [3.63, 3.8) is 0 Å². The van der Waals surface area contributed by atoms with Gasteiger partial charge in [0.15, 0.2) is 0 Å². The summed E-state index contributed by atoms with van der Waals surface area (Å²) in [6.45, 7) is 16.7. The van der Waals surface area contributed by atoms with Crippen LogP contribution in [0.25, 0.3) is 5.69 Å². The van der Waals surface area contributed by atoms with Crippen molar-refractivity contribution in [3.8, 4) is 11.4 Å². The zero-order valence-corrected chi connectivity index (χ0v) is 22.4. The highest BCUT2D eigenvalue weighted by molar-refractivity contribution is 5.84. The van der Waals surface area contributed by atoms with Crippen LogP contribution in [0.3, 0.4) is 0 Å². The molecule has 2 aromatic carbocycles. The fourth-order valence-electron chi connectivity index (χ4n) is 4.36. The lowest BCUT2D eigenvalue weighted by Gasteiger charge is -2.28. The molecule has 0 saturated carbocycles. The number of nitrogens with zero attached hydrogens (tertiary/aromatic N) is 2. The predicted octanol–water partition coefficient (Wildman–Crippen LogP) is 6.48. The molecule has 1 amide bonds. The minimum absolute atomic E-state index is 0.138. The minimum Gasteiger partial charge on any atom is -0.507 e. The molecular weight excluding hydrogens is 434 g/mol. The summed E-state index contributed by atoms with van der Waals surface area (Å²) in [5.74, 6) is 0.219. The monoisotopic (exact) mass is 473 g/mol. The van der Waals surface area contributed by atoms with Gasteiger partial charge in [-0.15, -0.1) is 0 Å². The van der Waals surface area contributed by atoms with Crippen LogP contribution in [-0.2, 0) is 22.0 Å². The molecule has 5 heteroatoms. The summed E-state index contributed by atoms with van der Waals surface area (Å²) in [4.78, 5) is 12.5. The molecule has 0 aliphatic heterocycles. The number of carbonyl (C=O) groups excluding carboxylic acids is 1. The Morgan fingerprint density at radius 1 is 0.971 bits per heavy atom. The number of rotatable bonds is 6. The van der Waals surface area contributed by atoms with Gasteiger partial charge in [0.05, 0.1) is 6.21 Å². The lowest BCUT2D eigenvalue weighted by Crippen LogP contribution is -2.20. The van der Waals surface area contributed by atoms with Crippen molar-refractivity contribution in [2.75, 3.05) is 0 Å². The molecule has 3 rings (SSSR count). The topological polar surface area (TPSA) is 66.6 Å². The van der Waals surface area contributed by atoms with Gasteiger partial charge in [-0.3, -0.25) is 4.79 Å². The van der Waals surface area contributed by atoms with Crippen LogP contribution in [0.1, 0.15) is 81.6 Å². The van der Waals surface area contributed by atoms with Crippen LogP contribution < -0.4 is 5.43 Å². The van der Waals surface area contributed by atoms with Gasteiger partial charge in [0, 0.05) is 29.1 Å². The average Bonchev–Trinajstić information content (AvgIpc) is 3.05. The second kappa shape index (κ2) is 10.1. The lowest BCUT2D eigenvalue weighted by molar-refractivity contribution is -0.121. The van der Waals surface area contributed by atoms with Crippen molar-refractivity contribution in [2.24, 2.45) is 5.10 Å². The standard InChI is InChI=1S/C30H39N3O2/c1-20-16-23(21(2)33(20)24-12-10-9-11-13-24)19-31-32-27(34)15-14-22-17-25(29(3,4)5)28(35)26(18-22)30(6,7)8/h9-13,16-19,35H,14-15H2,1-8H3,(H,32,34). The third kappa shape index (κ3) is 6.21. The highest BCUT2D eigenvalue weighted by Gasteiger charge is 2.26. The molecule has 0 aliphatic rings. The van der Waals surface area contributed by atoms with Gasteiger partial charge in [0.25, 0.3) is 0 Å². The van der Waals surface area contributed by atoms with Crippen LogP contribution >= 0.6 is 0 Å². The number of amides is 1. The van der Waals surface area contributed by atoms with Gasteiger partial charge < -0.3 is 9.67 Å². The van der Waals surface area contributed by atoms with E-state index >= 15 is 0 Å². The van der Waals surface area contributed by atoms with E-state index in [1.165, 1.54) is 0 Å². The summed E-state index contributed by atoms with van der Waals surface area (Å²) in [6.07, 6.45) is 2.60. The number of aromatic nitrogens is 1. The molecular formula is C30H39N3O2. The summed E-state index contributed by atoms with van der Waals surface area (Å²) >= 11 is 0. The van der Waals surface area contributed by atoms with E-state index in [2.05, 4.69) is 81.8 Å². The van der Waals surface area contributed by atoms with E-state index in [9.17, 15) is 9.90 Å². The summed E-state index contributed by atoms with van der Waals surface area (Å²) in [5.41, 5.74) is 9.39. The highest BCUT2D eigenvalue weighted by Crippen LogP contribution is 2.40. The molecule has 0 atom stereocenters. The fourth-order valence-corrected chi connectivity index (χ4v) is 4.36. The van der Waals surface area contributed by atoms with Gasteiger partial charge in [-0.2, -0.15) is 5.10 Å². The number of phenols is 1. The third-order valence-electron chi connectivity index (χ3n) is 6.30. The molecule has 0 spiro atoms. The van der Waals surface area contributed by atoms with Gasteiger partial charge in [-0.25, -0.2) is 5.43 Å². The van der Waals surface area contributed by atoms with Gasteiger partial charge in [0.1, 0.15) is 5.75 Å². The third-order valence-corrected chi connectivity index (χ3v) is 6.30. The Morgan fingerprint density at radius 3 is 2.09 bits per heavy atom. The van der Waals surface area contributed by atoms with Crippen LogP contribution in [0.2, 0.25) is 0 Å². The van der Waals surface area contributed by atoms with E-state index in [0.717, 1.165) is 39.3 Å². The summed E-state index contributed by atoms with van der Waals surface area (Å²) in [6, 6.07) is 16.3. The maximum Gasteiger partial charge on any atom is 0.240 e. The van der Waals surface area contributed by atoms with Crippen molar-refractivity contribution in [2.45, 2.75) is 79.1 Å². The van der Waals surface area contributed by atoms with Gasteiger partial charge in [-0.05, 0) is 66.0 Å². The first-order valence-corrected chi connectivity index (χ1v) is 12.2. The molecule has 3 aromatic rings. The Hall–Kier alpha value is -3.34. The molecule has 0 radical (unpaired) electrons. The molecule has 35 heavy (non-hydrogen) atoms. The van der Waals surface area contributed by atoms with E-state index in [4.69, 9.17) is 0 Å². The van der Waals surface area contributed by atoms with Crippen molar-refractivity contribution in [1.29, 1.82) is 0 Å². The van der Waals surface area contributed by atoms with Gasteiger partial charge in [-0.1, -0.05) is 71.9 Å². The van der Waals surface area contributed by atoms with Gasteiger partial charge >= 0.3 is 0 Å². The van der Waals surface area contributed by atoms with E-state index in [0.29, 0.717) is 18.6 Å². The van der Waals surface area contributed by atoms with Crippen molar-refractivity contribution < 1.29 is 9.90 Å². The van der Waals surface area contributed by atoms with Crippen LogP contribution in [0, 0.1) is 13.8 Å². The zero-order chi connectivity index (χ0) is 26.0. The molecule has 0 bridgehead atoms. The molecule has 2 N–H and O–H groups in total. The smallest absolute Gasteiger partial charge is 0.240 e. The SMILES string of the molecule is Cc1cc(C=NNC(=O)CCc2cc(C(C)(C)C)c(O)c(C(C)(C)C)c2)c(C)n1-c1ccccc1. The first-order chi connectivity index (χ1) is 16.3. The van der Waals surface area contributed by atoms with Crippen LogP contribution in [0.15, 0.2) is 53.6 Å². The average molecular weight is 474 g/mol. The zero-order valence-electron chi connectivity index (χ0n) is 22.4. The van der Waals surface area contributed by atoms with E-state index in [1.807, 2.05) is 37.3 Å². The predicted molar refractivity (Wildman–Crippen MR) is 145 cm³/mol. The Morgan fingerprint density at radius 2 is 1.54 bits per heavy atom. The number of hydrazone groups is 1. The largest absolute Gasteiger partial charge is 0.507 e. The summed E-state index contributed by atoms with van der Waals surface area (Å²) < 4.78 is 2.17. The number of aromatic hydroxyl groups is 1. The van der Waals surface area contributed by atoms with Crippen LogP contribution in [0.4, 0.5) is 0 Å². The number of para-hydroxylation sites is 1. The number of nitrogens with one attached hydrogen (secondary N) is 1. The minimum atomic E-state index is -0.196. The van der Waals surface area contributed by atoms with E-state index in [1.54, 1.807) is 6.21 Å². The molecule has 0 aliphatic carbocycles. The molecule has 1 aromatic heterocycles.